The van der Waals surface area contributed by atoms with E-state index in [0.717, 1.165) is 17.0 Å². The number of carbonyl (C=O) groups excluding carboxylic acids is 2. The van der Waals surface area contributed by atoms with Gasteiger partial charge in [-0.1, -0.05) is 37.7 Å². The van der Waals surface area contributed by atoms with E-state index in [9.17, 15) is 14.7 Å². The summed E-state index contributed by atoms with van der Waals surface area (Å²) in [7, 11) is 1.32. The summed E-state index contributed by atoms with van der Waals surface area (Å²) in [6.07, 6.45) is 1.16. The molecule has 1 amide bonds. The first kappa shape index (κ1) is 21.8. The molecule has 152 valence electrons. The molecular weight excluding hydrogens is 378 g/mol. The molecule has 0 radical (unpaired) electrons. The van der Waals surface area contributed by atoms with Crippen LogP contribution >= 0.6 is 11.8 Å². The van der Waals surface area contributed by atoms with Gasteiger partial charge in [0.2, 0.25) is 5.91 Å². The van der Waals surface area contributed by atoms with Crippen LogP contribution in [0.5, 0.6) is 5.75 Å². The number of esters is 1. The molecule has 1 aromatic heterocycles. The molecule has 8 heteroatoms. The third-order valence-corrected chi connectivity index (χ3v) is 5.01. The Hall–Kier alpha value is -2.48. The number of rotatable bonds is 9. The maximum Gasteiger partial charge on any atom is 0.328 e. The van der Waals surface area contributed by atoms with Crippen LogP contribution in [0.1, 0.15) is 37.2 Å². The first-order valence-corrected chi connectivity index (χ1v) is 10.1. The zero-order valence-electron chi connectivity index (χ0n) is 16.6. The molecular formula is C20H27N3O4S. The molecule has 0 aliphatic heterocycles. The van der Waals surface area contributed by atoms with E-state index in [1.54, 1.807) is 12.1 Å². The number of aromatic amines is 1. The molecule has 0 fully saturated rings. The highest BCUT2D eigenvalue weighted by Gasteiger charge is 2.22. The Morgan fingerprint density at radius 2 is 1.96 bits per heavy atom. The van der Waals surface area contributed by atoms with Gasteiger partial charge in [0.25, 0.3) is 0 Å². The van der Waals surface area contributed by atoms with E-state index in [-0.39, 0.29) is 23.3 Å². The van der Waals surface area contributed by atoms with E-state index < -0.39 is 12.0 Å². The van der Waals surface area contributed by atoms with Crippen LogP contribution in [0.25, 0.3) is 0 Å². The Labute approximate surface area is 169 Å². The molecule has 1 atom stereocenters. The number of aromatic nitrogens is 2. The minimum absolute atomic E-state index is 0.150. The lowest BCUT2D eigenvalue weighted by Gasteiger charge is -2.18. The molecule has 0 spiro atoms. The average Bonchev–Trinajstić information content (AvgIpc) is 3.00. The Morgan fingerprint density at radius 1 is 1.29 bits per heavy atom. The molecule has 1 aromatic carbocycles. The van der Waals surface area contributed by atoms with Gasteiger partial charge < -0.3 is 20.1 Å². The van der Waals surface area contributed by atoms with Gasteiger partial charge in [0.1, 0.15) is 11.8 Å². The van der Waals surface area contributed by atoms with Crippen molar-refractivity contribution in [2.24, 2.45) is 5.92 Å². The van der Waals surface area contributed by atoms with Gasteiger partial charge in [-0.25, -0.2) is 9.78 Å². The number of nitrogens with zero attached hydrogens (tertiary/aromatic N) is 1. The van der Waals surface area contributed by atoms with Crippen molar-refractivity contribution in [1.82, 2.24) is 15.3 Å². The lowest BCUT2D eigenvalue weighted by molar-refractivity contribution is -0.145. The maximum absolute atomic E-state index is 12.2. The number of phenols is 1. The normalized spacial score (nSPS) is 12.0. The van der Waals surface area contributed by atoms with Crippen molar-refractivity contribution in [3.05, 3.63) is 41.2 Å². The number of carbonyl (C=O) groups is 2. The quantitative estimate of drug-likeness (QED) is 0.438. The predicted octanol–water partition coefficient (Wildman–Crippen LogP) is 2.81. The maximum atomic E-state index is 12.2. The zero-order chi connectivity index (χ0) is 20.7. The van der Waals surface area contributed by atoms with Gasteiger partial charge in [0.05, 0.1) is 18.6 Å². The Bertz CT molecular complexity index is 802. The second kappa shape index (κ2) is 10.2. The van der Waals surface area contributed by atoms with Gasteiger partial charge in [-0.05, 0) is 37.0 Å². The number of aryl methyl sites for hydroxylation is 1. The van der Waals surface area contributed by atoms with Crippen molar-refractivity contribution >= 4 is 23.6 Å². The van der Waals surface area contributed by atoms with Crippen LogP contribution in [0.3, 0.4) is 0 Å². The molecule has 2 aromatic rings. The van der Waals surface area contributed by atoms with Gasteiger partial charge in [0.15, 0.2) is 5.16 Å². The first-order chi connectivity index (χ1) is 13.3. The Morgan fingerprint density at radius 3 is 2.57 bits per heavy atom. The number of nitrogens with one attached hydrogen (secondary N) is 2. The van der Waals surface area contributed by atoms with Crippen LogP contribution < -0.4 is 5.32 Å². The van der Waals surface area contributed by atoms with Crippen LogP contribution in [0.4, 0.5) is 0 Å². The number of H-pyrrole nitrogens is 1. The van der Waals surface area contributed by atoms with Gasteiger partial charge in [-0.2, -0.15) is 0 Å². The molecule has 0 saturated heterocycles. The Kier molecular flexibility index (Phi) is 7.92. The molecule has 1 heterocycles. The summed E-state index contributed by atoms with van der Waals surface area (Å²) in [4.78, 5) is 31.8. The lowest BCUT2D eigenvalue weighted by Crippen LogP contribution is -2.43. The van der Waals surface area contributed by atoms with E-state index in [1.165, 1.54) is 18.9 Å². The lowest BCUT2D eigenvalue weighted by atomic mass is 10.0. The van der Waals surface area contributed by atoms with Gasteiger partial charge in [-0.15, -0.1) is 0 Å². The number of benzene rings is 1. The van der Waals surface area contributed by atoms with Gasteiger partial charge >= 0.3 is 5.97 Å². The SMILES string of the molecule is COC(=O)C(CC(C)C)NC(=O)CSc1nc(Cc2ccc(O)cc2)c(C)[nH]1. The third kappa shape index (κ3) is 6.60. The largest absolute Gasteiger partial charge is 0.508 e. The van der Waals surface area contributed by atoms with Gasteiger partial charge in [-0.3, -0.25) is 4.79 Å². The fourth-order valence-electron chi connectivity index (χ4n) is 2.71. The number of hydrogen-bond acceptors (Lipinski definition) is 6. The van der Waals surface area contributed by atoms with E-state index in [0.29, 0.717) is 18.0 Å². The average molecular weight is 406 g/mol. The minimum Gasteiger partial charge on any atom is -0.508 e. The zero-order valence-corrected chi connectivity index (χ0v) is 17.4. The number of imidazole rings is 1. The fourth-order valence-corrected chi connectivity index (χ4v) is 3.46. The van der Waals surface area contributed by atoms with E-state index >= 15 is 0 Å². The highest BCUT2D eigenvalue weighted by molar-refractivity contribution is 7.99. The number of amides is 1. The number of aromatic hydroxyl groups is 1. The van der Waals surface area contributed by atoms with Crippen LogP contribution in [0.15, 0.2) is 29.4 Å². The standard InChI is InChI=1S/C20H27N3O4S/c1-12(2)9-17(19(26)27-4)22-18(25)11-28-20-21-13(3)16(23-20)10-14-5-7-15(24)8-6-14/h5-8,12,17,24H,9-11H2,1-4H3,(H,21,23)(H,22,25). The summed E-state index contributed by atoms with van der Waals surface area (Å²) in [6.45, 7) is 5.90. The van der Waals surface area contributed by atoms with Crippen LogP contribution in [-0.4, -0.2) is 45.9 Å². The van der Waals surface area contributed by atoms with Crippen molar-refractivity contribution in [1.29, 1.82) is 0 Å². The molecule has 0 aliphatic carbocycles. The van der Waals surface area contributed by atoms with Crippen LogP contribution in [0, 0.1) is 12.8 Å². The van der Waals surface area contributed by atoms with Gasteiger partial charge in [0, 0.05) is 12.1 Å². The van der Waals surface area contributed by atoms with Crippen molar-refractivity contribution < 1.29 is 19.4 Å². The number of methoxy groups -OCH3 is 1. The molecule has 0 aliphatic rings. The number of ether oxygens (including phenoxy) is 1. The minimum atomic E-state index is -0.638. The number of thioether (sulfide) groups is 1. The molecule has 0 bridgehead atoms. The van der Waals surface area contributed by atoms with Crippen molar-refractivity contribution in [2.75, 3.05) is 12.9 Å². The molecule has 7 nitrogen and oxygen atoms in total. The molecule has 0 saturated carbocycles. The summed E-state index contributed by atoms with van der Waals surface area (Å²) in [6, 6.07) is 6.36. The smallest absolute Gasteiger partial charge is 0.328 e. The first-order valence-electron chi connectivity index (χ1n) is 9.11. The van der Waals surface area contributed by atoms with Crippen molar-refractivity contribution in [2.45, 2.75) is 44.8 Å². The predicted molar refractivity (Wildman–Crippen MR) is 108 cm³/mol. The third-order valence-electron chi connectivity index (χ3n) is 4.14. The summed E-state index contributed by atoms with van der Waals surface area (Å²) in [5.74, 6) is -0.0380. The summed E-state index contributed by atoms with van der Waals surface area (Å²) < 4.78 is 4.77. The van der Waals surface area contributed by atoms with Crippen LogP contribution in [-0.2, 0) is 20.7 Å². The molecule has 3 N–H and O–H groups in total. The number of hydrogen-bond donors (Lipinski definition) is 3. The van der Waals surface area contributed by atoms with E-state index in [4.69, 9.17) is 4.74 Å². The van der Waals surface area contributed by atoms with Crippen LogP contribution in [0.2, 0.25) is 0 Å². The highest BCUT2D eigenvalue weighted by atomic mass is 32.2. The summed E-state index contributed by atoms with van der Waals surface area (Å²) in [5.41, 5.74) is 2.86. The second-order valence-corrected chi connectivity index (χ2v) is 7.98. The highest BCUT2D eigenvalue weighted by Crippen LogP contribution is 2.20. The monoisotopic (exact) mass is 405 g/mol. The summed E-state index contributed by atoms with van der Waals surface area (Å²) >= 11 is 1.29. The summed E-state index contributed by atoms with van der Waals surface area (Å²) in [5, 5.41) is 12.8. The van der Waals surface area contributed by atoms with E-state index in [1.807, 2.05) is 32.9 Å². The molecule has 28 heavy (non-hydrogen) atoms. The van der Waals surface area contributed by atoms with E-state index in [2.05, 4.69) is 15.3 Å². The molecule has 2 rings (SSSR count). The number of phenolic OH excluding ortho intramolecular Hbond substituents is 1. The van der Waals surface area contributed by atoms with Crippen molar-refractivity contribution in [3.63, 3.8) is 0 Å². The fraction of sp³-hybridized carbons (Fsp3) is 0.450. The van der Waals surface area contributed by atoms with Crippen molar-refractivity contribution in [3.8, 4) is 5.75 Å². The topological polar surface area (TPSA) is 104 Å². The molecule has 1 unspecified atom stereocenters. The second-order valence-electron chi connectivity index (χ2n) is 7.02. The Balaban J connectivity index is 1.92.